The van der Waals surface area contributed by atoms with Gasteiger partial charge in [-0.25, -0.2) is 0 Å². The Labute approximate surface area is 95.3 Å². The maximum absolute atomic E-state index is 5.92. The monoisotopic (exact) mass is 229 g/mol. The number of para-hydroxylation sites is 1. The predicted molar refractivity (Wildman–Crippen MR) is 61.7 cm³/mol. The summed E-state index contributed by atoms with van der Waals surface area (Å²) in [5.41, 5.74) is 0. The molecule has 0 atom stereocenters. The maximum atomic E-state index is 5.92. The number of benzene rings is 1. The molecule has 0 bridgehead atoms. The summed E-state index contributed by atoms with van der Waals surface area (Å²) in [5, 5.41) is 3.83. The van der Waals surface area contributed by atoms with Crippen LogP contribution in [0.15, 0.2) is 24.3 Å². The molecule has 0 fully saturated rings. The van der Waals surface area contributed by atoms with E-state index in [-0.39, 0.29) is 0 Å². The van der Waals surface area contributed by atoms with Gasteiger partial charge in [0.15, 0.2) is 0 Å². The fourth-order valence-electron chi connectivity index (χ4n) is 1.09. The van der Waals surface area contributed by atoms with E-state index in [9.17, 15) is 0 Å². The zero-order valence-electron chi connectivity index (χ0n) is 8.83. The number of methoxy groups -OCH3 is 1. The second kappa shape index (κ2) is 7.51. The molecule has 0 aliphatic heterocycles. The molecule has 4 heteroatoms. The van der Waals surface area contributed by atoms with Crippen molar-refractivity contribution in [2.24, 2.45) is 0 Å². The summed E-state index contributed by atoms with van der Waals surface area (Å²) in [6, 6.07) is 7.46. The van der Waals surface area contributed by atoms with Crippen molar-refractivity contribution in [2.75, 3.05) is 33.4 Å². The zero-order valence-corrected chi connectivity index (χ0v) is 9.59. The van der Waals surface area contributed by atoms with E-state index in [0.29, 0.717) is 18.2 Å². The van der Waals surface area contributed by atoms with Crippen LogP contribution in [0.4, 0.5) is 0 Å². The fourth-order valence-corrected chi connectivity index (χ4v) is 1.28. The maximum Gasteiger partial charge on any atom is 0.137 e. The van der Waals surface area contributed by atoms with Crippen molar-refractivity contribution in [2.45, 2.75) is 0 Å². The largest absolute Gasteiger partial charge is 0.491 e. The Morgan fingerprint density at radius 1 is 1.20 bits per heavy atom. The lowest BCUT2D eigenvalue weighted by Crippen LogP contribution is -2.24. The van der Waals surface area contributed by atoms with Crippen molar-refractivity contribution in [1.82, 2.24) is 5.32 Å². The normalized spacial score (nSPS) is 10.3. The lowest BCUT2D eigenvalue weighted by atomic mass is 10.3. The third kappa shape index (κ3) is 5.02. The Morgan fingerprint density at radius 2 is 1.93 bits per heavy atom. The zero-order chi connectivity index (χ0) is 10.9. The molecule has 0 amide bonds. The summed E-state index contributed by atoms with van der Waals surface area (Å²) < 4.78 is 10.4. The first kappa shape index (κ1) is 12.3. The van der Waals surface area contributed by atoms with Gasteiger partial charge < -0.3 is 14.8 Å². The molecule has 0 heterocycles. The van der Waals surface area contributed by atoms with Crippen LogP contribution in [0.1, 0.15) is 0 Å². The Bertz CT molecular complexity index is 281. The molecule has 0 saturated carbocycles. The van der Waals surface area contributed by atoms with Gasteiger partial charge in [-0.15, -0.1) is 0 Å². The molecule has 84 valence electrons. The highest BCUT2D eigenvalue weighted by Gasteiger charge is 1.98. The highest BCUT2D eigenvalue weighted by Crippen LogP contribution is 2.22. The first-order valence-corrected chi connectivity index (χ1v) is 5.29. The van der Waals surface area contributed by atoms with Crippen LogP contribution >= 0.6 is 11.6 Å². The van der Waals surface area contributed by atoms with Gasteiger partial charge in [-0.05, 0) is 12.1 Å². The molecular formula is C11H16ClNO2. The van der Waals surface area contributed by atoms with E-state index in [0.717, 1.165) is 18.8 Å². The van der Waals surface area contributed by atoms with E-state index in [1.165, 1.54) is 0 Å². The van der Waals surface area contributed by atoms with E-state index in [1.807, 2.05) is 24.3 Å². The standard InChI is InChI=1S/C11H16ClNO2/c1-14-8-6-13-7-9-15-11-5-3-2-4-10(11)12/h2-5,13H,6-9H2,1H3. The van der Waals surface area contributed by atoms with Gasteiger partial charge in [-0.1, -0.05) is 23.7 Å². The fraction of sp³-hybridized carbons (Fsp3) is 0.455. The smallest absolute Gasteiger partial charge is 0.137 e. The van der Waals surface area contributed by atoms with Gasteiger partial charge in [0.05, 0.1) is 11.6 Å². The summed E-state index contributed by atoms with van der Waals surface area (Å²) in [7, 11) is 1.68. The number of hydrogen-bond acceptors (Lipinski definition) is 3. The van der Waals surface area contributed by atoms with E-state index < -0.39 is 0 Å². The van der Waals surface area contributed by atoms with Gasteiger partial charge >= 0.3 is 0 Å². The molecule has 1 aromatic rings. The molecule has 1 rings (SSSR count). The van der Waals surface area contributed by atoms with Crippen LogP contribution in [-0.2, 0) is 4.74 Å². The van der Waals surface area contributed by atoms with Crippen molar-refractivity contribution in [3.63, 3.8) is 0 Å². The second-order valence-electron chi connectivity index (χ2n) is 3.02. The van der Waals surface area contributed by atoms with E-state index in [4.69, 9.17) is 21.1 Å². The summed E-state index contributed by atoms with van der Waals surface area (Å²) >= 11 is 5.92. The van der Waals surface area contributed by atoms with Gasteiger partial charge in [0.2, 0.25) is 0 Å². The summed E-state index contributed by atoms with van der Waals surface area (Å²) in [6.07, 6.45) is 0. The van der Waals surface area contributed by atoms with Gasteiger partial charge in [0.1, 0.15) is 12.4 Å². The minimum atomic E-state index is 0.605. The quantitative estimate of drug-likeness (QED) is 0.725. The van der Waals surface area contributed by atoms with Crippen molar-refractivity contribution in [3.8, 4) is 5.75 Å². The molecule has 0 aromatic heterocycles. The van der Waals surface area contributed by atoms with Gasteiger partial charge in [0.25, 0.3) is 0 Å². The lowest BCUT2D eigenvalue weighted by Gasteiger charge is -2.08. The SMILES string of the molecule is COCCNCCOc1ccccc1Cl. The number of hydrogen-bond donors (Lipinski definition) is 1. The highest BCUT2D eigenvalue weighted by molar-refractivity contribution is 6.32. The molecule has 0 radical (unpaired) electrons. The number of rotatable bonds is 7. The van der Waals surface area contributed by atoms with Crippen LogP contribution in [0.25, 0.3) is 0 Å². The Morgan fingerprint density at radius 3 is 2.67 bits per heavy atom. The average molecular weight is 230 g/mol. The van der Waals surface area contributed by atoms with Crippen molar-refractivity contribution in [3.05, 3.63) is 29.3 Å². The third-order valence-corrected chi connectivity index (χ3v) is 2.17. The highest BCUT2D eigenvalue weighted by atomic mass is 35.5. The Hall–Kier alpha value is -0.770. The molecule has 0 saturated heterocycles. The molecule has 3 nitrogen and oxygen atoms in total. The van der Waals surface area contributed by atoms with Crippen molar-refractivity contribution >= 4 is 11.6 Å². The van der Waals surface area contributed by atoms with Gasteiger partial charge in [-0.2, -0.15) is 0 Å². The van der Waals surface area contributed by atoms with Crippen LogP contribution in [-0.4, -0.2) is 33.4 Å². The summed E-state index contributed by atoms with van der Waals surface area (Å²) in [4.78, 5) is 0. The van der Waals surface area contributed by atoms with Crippen LogP contribution in [0.3, 0.4) is 0 Å². The molecule has 1 aromatic carbocycles. The topological polar surface area (TPSA) is 30.5 Å². The van der Waals surface area contributed by atoms with Crippen LogP contribution in [0.2, 0.25) is 5.02 Å². The van der Waals surface area contributed by atoms with Crippen LogP contribution < -0.4 is 10.1 Å². The Balaban J connectivity index is 2.12. The second-order valence-corrected chi connectivity index (χ2v) is 3.43. The number of ether oxygens (including phenoxy) is 2. The predicted octanol–water partition coefficient (Wildman–Crippen LogP) is 1.95. The molecule has 0 spiro atoms. The van der Waals surface area contributed by atoms with E-state index >= 15 is 0 Å². The third-order valence-electron chi connectivity index (χ3n) is 1.86. The Kier molecular flexibility index (Phi) is 6.16. The van der Waals surface area contributed by atoms with Crippen LogP contribution in [0.5, 0.6) is 5.75 Å². The average Bonchev–Trinajstić information content (AvgIpc) is 2.25. The molecule has 1 N–H and O–H groups in total. The molecule has 0 aliphatic carbocycles. The molecule has 0 aliphatic rings. The van der Waals surface area contributed by atoms with Gasteiger partial charge in [-0.3, -0.25) is 0 Å². The number of halogens is 1. The van der Waals surface area contributed by atoms with Crippen molar-refractivity contribution in [1.29, 1.82) is 0 Å². The molecule has 15 heavy (non-hydrogen) atoms. The lowest BCUT2D eigenvalue weighted by molar-refractivity contribution is 0.197. The molecule has 0 unspecified atom stereocenters. The van der Waals surface area contributed by atoms with Gasteiger partial charge in [0, 0.05) is 20.2 Å². The summed E-state index contributed by atoms with van der Waals surface area (Å²) in [6.45, 7) is 2.94. The van der Waals surface area contributed by atoms with Crippen molar-refractivity contribution < 1.29 is 9.47 Å². The van der Waals surface area contributed by atoms with E-state index in [2.05, 4.69) is 5.32 Å². The van der Waals surface area contributed by atoms with Crippen LogP contribution in [0, 0.1) is 0 Å². The molecular weight excluding hydrogens is 214 g/mol. The first-order chi connectivity index (χ1) is 7.34. The minimum Gasteiger partial charge on any atom is -0.491 e. The minimum absolute atomic E-state index is 0.605. The summed E-state index contributed by atoms with van der Waals surface area (Å²) in [5.74, 6) is 0.729. The number of nitrogens with one attached hydrogen (secondary N) is 1. The first-order valence-electron chi connectivity index (χ1n) is 4.91. The van der Waals surface area contributed by atoms with E-state index in [1.54, 1.807) is 7.11 Å².